The number of hydrogen-bond acceptors (Lipinski definition) is 4. The Bertz CT molecular complexity index is 828. The van der Waals surface area contributed by atoms with Gasteiger partial charge in [-0.25, -0.2) is 4.98 Å². The van der Waals surface area contributed by atoms with Crippen LogP contribution in [0.3, 0.4) is 0 Å². The highest BCUT2D eigenvalue weighted by atomic mass is 16.3. The average molecular weight is 279 g/mol. The van der Waals surface area contributed by atoms with Crippen LogP contribution in [0.25, 0.3) is 10.9 Å². The largest absolute Gasteiger partial charge is 0.506 e. The Hall–Kier alpha value is -2.62. The van der Waals surface area contributed by atoms with E-state index in [9.17, 15) is 5.11 Å². The fourth-order valence-electron chi connectivity index (χ4n) is 2.34. The van der Waals surface area contributed by atoms with Gasteiger partial charge in [-0.15, -0.1) is 0 Å². The van der Waals surface area contributed by atoms with Gasteiger partial charge in [0.25, 0.3) is 0 Å². The molecule has 2 aromatic heterocycles. The Morgan fingerprint density at radius 2 is 1.86 bits per heavy atom. The lowest BCUT2D eigenvalue weighted by Gasteiger charge is -2.14. The molecule has 4 heteroatoms. The van der Waals surface area contributed by atoms with Gasteiger partial charge >= 0.3 is 0 Å². The topological polar surface area (TPSA) is 58.0 Å². The van der Waals surface area contributed by atoms with E-state index in [1.165, 1.54) is 0 Å². The molecule has 3 rings (SSSR count). The maximum atomic E-state index is 9.92. The molecule has 0 saturated heterocycles. The van der Waals surface area contributed by atoms with E-state index >= 15 is 0 Å². The molecule has 0 saturated carbocycles. The summed E-state index contributed by atoms with van der Waals surface area (Å²) in [6.07, 6.45) is 1.79. The lowest BCUT2D eigenvalue weighted by atomic mass is 10.1. The molecule has 0 fully saturated rings. The van der Waals surface area contributed by atoms with Crippen LogP contribution in [0, 0.1) is 20.8 Å². The van der Waals surface area contributed by atoms with Crippen LogP contribution in [-0.4, -0.2) is 15.1 Å². The second kappa shape index (κ2) is 5.05. The first-order valence-electron chi connectivity index (χ1n) is 6.85. The lowest BCUT2D eigenvalue weighted by molar-refractivity contribution is 0.463. The van der Waals surface area contributed by atoms with E-state index in [0.717, 1.165) is 33.5 Å². The third-order valence-electron chi connectivity index (χ3n) is 3.76. The van der Waals surface area contributed by atoms with Gasteiger partial charge in [0.2, 0.25) is 0 Å². The number of aryl methyl sites for hydroxylation is 1. The quantitative estimate of drug-likeness (QED) is 0.744. The van der Waals surface area contributed by atoms with Crippen molar-refractivity contribution < 1.29 is 5.11 Å². The third kappa shape index (κ3) is 2.40. The summed E-state index contributed by atoms with van der Waals surface area (Å²) in [5.74, 6) is 1.03. The van der Waals surface area contributed by atoms with Gasteiger partial charge in [0, 0.05) is 17.3 Å². The standard InChI is InChI=1S/C17H17N3O/c1-10-11(2)17(19-12(3)16(10)21)20-14-6-7-15-13(9-14)5-4-8-18-15/h4-9,21H,1-3H3,(H,19,20). The van der Waals surface area contributed by atoms with Crippen LogP contribution < -0.4 is 5.32 Å². The van der Waals surface area contributed by atoms with Crippen molar-refractivity contribution in [1.29, 1.82) is 0 Å². The number of aromatic hydroxyl groups is 1. The Labute approximate surface area is 123 Å². The van der Waals surface area contributed by atoms with Crippen molar-refractivity contribution >= 4 is 22.4 Å². The first-order chi connectivity index (χ1) is 10.1. The van der Waals surface area contributed by atoms with Crippen LogP contribution in [-0.2, 0) is 0 Å². The predicted octanol–water partition coefficient (Wildman–Crippen LogP) is 4.00. The van der Waals surface area contributed by atoms with Crippen molar-refractivity contribution in [1.82, 2.24) is 9.97 Å². The molecule has 21 heavy (non-hydrogen) atoms. The van der Waals surface area contributed by atoms with E-state index in [4.69, 9.17) is 0 Å². The summed E-state index contributed by atoms with van der Waals surface area (Å²) in [5, 5.41) is 14.3. The van der Waals surface area contributed by atoms with Gasteiger partial charge in [-0.1, -0.05) is 6.07 Å². The van der Waals surface area contributed by atoms with Crippen molar-refractivity contribution in [3.05, 3.63) is 53.3 Å². The van der Waals surface area contributed by atoms with Gasteiger partial charge < -0.3 is 10.4 Å². The van der Waals surface area contributed by atoms with Crippen molar-refractivity contribution in [3.63, 3.8) is 0 Å². The van der Waals surface area contributed by atoms with Gasteiger partial charge in [0.05, 0.1) is 11.2 Å². The number of hydrogen-bond donors (Lipinski definition) is 2. The van der Waals surface area contributed by atoms with E-state index in [-0.39, 0.29) is 5.75 Å². The number of nitrogens with one attached hydrogen (secondary N) is 1. The zero-order valence-corrected chi connectivity index (χ0v) is 12.3. The molecule has 0 amide bonds. The van der Waals surface area contributed by atoms with Gasteiger partial charge in [-0.2, -0.15) is 0 Å². The van der Waals surface area contributed by atoms with E-state index in [2.05, 4.69) is 15.3 Å². The maximum Gasteiger partial charge on any atom is 0.140 e. The number of benzene rings is 1. The van der Waals surface area contributed by atoms with Crippen LogP contribution in [0.1, 0.15) is 16.8 Å². The fraction of sp³-hybridized carbons (Fsp3) is 0.176. The van der Waals surface area contributed by atoms with Gasteiger partial charge in [0.1, 0.15) is 11.6 Å². The first-order valence-corrected chi connectivity index (χ1v) is 6.85. The second-order valence-corrected chi connectivity index (χ2v) is 5.18. The molecule has 0 bridgehead atoms. The Balaban J connectivity index is 2.02. The zero-order chi connectivity index (χ0) is 15.0. The summed E-state index contributed by atoms with van der Waals surface area (Å²) < 4.78 is 0. The minimum Gasteiger partial charge on any atom is -0.506 e. The molecule has 2 N–H and O–H groups in total. The summed E-state index contributed by atoms with van der Waals surface area (Å²) in [5.41, 5.74) is 4.35. The number of aromatic nitrogens is 2. The van der Waals surface area contributed by atoms with Crippen LogP contribution in [0.4, 0.5) is 11.5 Å². The Morgan fingerprint density at radius 1 is 1.05 bits per heavy atom. The number of nitrogens with zero attached hydrogens (tertiary/aromatic N) is 2. The van der Waals surface area contributed by atoms with Crippen molar-refractivity contribution in [2.75, 3.05) is 5.32 Å². The zero-order valence-electron chi connectivity index (χ0n) is 12.3. The number of rotatable bonds is 2. The third-order valence-corrected chi connectivity index (χ3v) is 3.76. The lowest BCUT2D eigenvalue weighted by Crippen LogP contribution is -2.01. The van der Waals surface area contributed by atoms with Crippen LogP contribution in [0.15, 0.2) is 36.5 Å². The molecule has 106 valence electrons. The molecule has 0 aliphatic carbocycles. The summed E-state index contributed by atoms with van der Waals surface area (Å²) in [6.45, 7) is 5.65. The predicted molar refractivity (Wildman–Crippen MR) is 85.1 cm³/mol. The summed E-state index contributed by atoms with van der Waals surface area (Å²) in [7, 11) is 0. The summed E-state index contributed by atoms with van der Waals surface area (Å²) >= 11 is 0. The highest BCUT2D eigenvalue weighted by Gasteiger charge is 2.11. The molecule has 0 radical (unpaired) electrons. The molecule has 0 unspecified atom stereocenters. The number of anilines is 2. The SMILES string of the molecule is Cc1nc(Nc2ccc3ncccc3c2)c(C)c(C)c1O. The van der Waals surface area contributed by atoms with Gasteiger partial charge in [0.15, 0.2) is 0 Å². The minimum atomic E-state index is 0.265. The molecule has 1 aromatic carbocycles. The van der Waals surface area contributed by atoms with Crippen molar-refractivity contribution in [2.45, 2.75) is 20.8 Å². The molecular formula is C17H17N3O. The van der Waals surface area contributed by atoms with E-state index in [1.54, 1.807) is 13.1 Å². The highest BCUT2D eigenvalue weighted by molar-refractivity contribution is 5.83. The summed E-state index contributed by atoms with van der Waals surface area (Å²) in [4.78, 5) is 8.74. The van der Waals surface area contributed by atoms with Crippen LogP contribution in [0.5, 0.6) is 5.75 Å². The monoisotopic (exact) mass is 279 g/mol. The Kier molecular flexibility index (Phi) is 3.22. The molecule has 3 aromatic rings. The van der Waals surface area contributed by atoms with E-state index < -0.39 is 0 Å². The van der Waals surface area contributed by atoms with E-state index in [1.807, 2.05) is 44.2 Å². The van der Waals surface area contributed by atoms with Gasteiger partial charge in [-0.3, -0.25) is 4.98 Å². The smallest absolute Gasteiger partial charge is 0.140 e. The van der Waals surface area contributed by atoms with Crippen molar-refractivity contribution in [3.8, 4) is 5.75 Å². The first kappa shape index (κ1) is 13.4. The number of fused-ring (bicyclic) bond motifs is 1. The molecule has 0 atom stereocenters. The molecule has 0 aliphatic rings. The van der Waals surface area contributed by atoms with Crippen LogP contribution in [0.2, 0.25) is 0 Å². The Morgan fingerprint density at radius 3 is 2.67 bits per heavy atom. The number of pyridine rings is 2. The van der Waals surface area contributed by atoms with Crippen LogP contribution >= 0.6 is 0 Å². The molecule has 0 spiro atoms. The maximum absolute atomic E-state index is 9.92. The average Bonchev–Trinajstić information content (AvgIpc) is 2.50. The van der Waals surface area contributed by atoms with Gasteiger partial charge in [-0.05, 0) is 56.2 Å². The fourth-order valence-corrected chi connectivity index (χ4v) is 2.34. The van der Waals surface area contributed by atoms with Crippen molar-refractivity contribution in [2.24, 2.45) is 0 Å². The molecule has 2 heterocycles. The molecule has 0 aliphatic heterocycles. The normalized spacial score (nSPS) is 10.8. The summed E-state index contributed by atoms with van der Waals surface area (Å²) in [6, 6.07) is 9.95. The minimum absolute atomic E-state index is 0.265. The molecular weight excluding hydrogens is 262 g/mol. The second-order valence-electron chi connectivity index (χ2n) is 5.18. The van der Waals surface area contributed by atoms with E-state index in [0.29, 0.717) is 5.69 Å². The molecule has 4 nitrogen and oxygen atoms in total. The highest BCUT2D eigenvalue weighted by Crippen LogP contribution is 2.29.